The van der Waals surface area contributed by atoms with E-state index in [0.717, 1.165) is 12.8 Å². The monoisotopic (exact) mass is 259 g/mol. The quantitative estimate of drug-likeness (QED) is 0.758. The minimum absolute atomic E-state index is 0.0127. The molecule has 0 rings (SSSR count). The molecule has 110 valence electrons. The SMILES string of the molecule is CC.CCCC(C)C(OC)C(C)C(=O)NC(C)C. The van der Waals surface area contributed by atoms with Crippen molar-refractivity contribution in [3.8, 4) is 0 Å². The van der Waals surface area contributed by atoms with Crippen LogP contribution in [0.15, 0.2) is 0 Å². The number of carbonyl (C=O) groups is 1. The van der Waals surface area contributed by atoms with E-state index in [-0.39, 0.29) is 24.0 Å². The number of carbonyl (C=O) groups excluding carboxylic acids is 1. The van der Waals surface area contributed by atoms with Crippen molar-refractivity contribution in [2.24, 2.45) is 11.8 Å². The lowest BCUT2D eigenvalue weighted by Gasteiger charge is -2.28. The van der Waals surface area contributed by atoms with E-state index in [1.807, 2.05) is 34.6 Å². The number of methoxy groups -OCH3 is 1. The molecule has 0 heterocycles. The first-order chi connectivity index (χ1) is 8.43. The van der Waals surface area contributed by atoms with E-state index in [4.69, 9.17) is 4.74 Å². The lowest BCUT2D eigenvalue weighted by atomic mass is 9.89. The Kier molecular flexibility index (Phi) is 12.6. The Balaban J connectivity index is 0. The molecule has 3 unspecified atom stereocenters. The van der Waals surface area contributed by atoms with Crippen molar-refractivity contribution < 1.29 is 9.53 Å². The van der Waals surface area contributed by atoms with E-state index in [1.54, 1.807) is 7.11 Å². The molecule has 0 saturated carbocycles. The third-order valence-electron chi connectivity index (χ3n) is 2.91. The first-order valence-corrected chi connectivity index (χ1v) is 7.27. The van der Waals surface area contributed by atoms with Crippen LogP contribution in [0.1, 0.15) is 61.3 Å². The predicted octanol–water partition coefficient (Wildman–Crippen LogP) is 3.62. The number of nitrogens with one attached hydrogen (secondary N) is 1. The van der Waals surface area contributed by atoms with Gasteiger partial charge in [0.05, 0.1) is 12.0 Å². The van der Waals surface area contributed by atoms with Crippen LogP contribution in [-0.4, -0.2) is 25.2 Å². The molecule has 0 radical (unpaired) electrons. The standard InChI is InChI=1S/C13H27NO2.C2H6/c1-7-8-10(4)12(16-6)11(5)13(15)14-9(2)3;1-2/h9-12H,7-8H2,1-6H3,(H,14,15);1-2H3. The highest BCUT2D eigenvalue weighted by molar-refractivity contribution is 5.79. The molecule has 1 amide bonds. The van der Waals surface area contributed by atoms with E-state index in [0.29, 0.717) is 5.92 Å². The van der Waals surface area contributed by atoms with Crippen molar-refractivity contribution in [2.75, 3.05) is 7.11 Å². The average Bonchev–Trinajstić information content (AvgIpc) is 2.31. The van der Waals surface area contributed by atoms with E-state index in [2.05, 4.69) is 19.2 Å². The van der Waals surface area contributed by atoms with Gasteiger partial charge in [0.1, 0.15) is 0 Å². The number of rotatable bonds is 7. The molecule has 3 heteroatoms. The molecule has 0 spiro atoms. The Morgan fingerprint density at radius 1 is 1.17 bits per heavy atom. The number of amides is 1. The fourth-order valence-electron chi connectivity index (χ4n) is 2.11. The molecule has 0 saturated heterocycles. The van der Waals surface area contributed by atoms with E-state index in [9.17, 15) is 4.79 Å². The molecule has 1 N–H and O–H groups in total. The van der Waals surface area contributed by atoms with Gasteiger partial charge in [0.25, 0.3) is 0 Å². The summed E-state index contributed by atoms with van der Waals surface area (Å²) in [6.07, 6.45) is 2.23. The predicted molar refractivity (Wildman–Crippen MR) is 78.7 cm³/mol. The second-order valence-electron chi connectivity index (χ2n) is 4.92. The topological polar surface area (TPSA) is 38.3 Å². The fraction of sp³-hybridized carbons (Fsp3) is 0.933. The summed E-state index contributed by atoms with van der Waals surface area (Å²) in [6, 6.07) is 0.189. The van der Waals surface area contributed by atoms with Gasteiger partial charge in [0, 0.05) is 13.2 Å². The van der Waals surface area contributed by atoms with Crippen LogP contribution in [0.25, 0.3) is 0 Å². The summed E-state index contributed by atoms with van der Waals surface area (Å²) in [4.78, 5) is 11.9. The van der Waals surface area contributed by atoms with Crippen molar-refractivity contribution in [1.82, 2.24) is 5.32 Å². The smallest absolute Gasteiger partial charge is 0.225 e. The molecule has 0 aliphatic rings. The molecule has 3 nitrogen and oxygen atoms in total. The van der Waals surface area contributed by atoms with Crippen LogP contribution in [0.3, 0.4) is 0 Å². The third kappa shape index (κ3) is 7.70. The Hall–Kier alpha value is -0.570. The minimum atomic E-state index is -0.0889. The average molecular weight is 259 g/mol. The van der Waals surface area contributed by atoms with Gasteiger partial charge >= 0.3 is 0 Å². The molecule has 0 aromatic rings. The molecule has 0 bridgehead atoms. The lowest BCUT2D eigenvalue weighted by Crippen LogP contribution is -2.42. The first kappa shape index (κ1) is 19.8. The minimum Gasteiger partial charge on any atom is -0.380 e. The Bertz CT molecular complexity index is 205. The maximum atomic E-state index is 11.9. The normalized spacial score (nSPS) is 15.4. The van der Waals surface area contributed by atoms with Crippen LogP contribution >= 0.6 is 0 Å². The fourth-order valence-corrected chi connectivity index (χ4v) is 2.11. The maximum absolute atomic E-state index is 11.9. The van der Waals surface area contributed by atoms with Gasteiger partial charge in [-0.3, -0.25) is 4.79 Å². The van der Waals surface area contributed by atoms with Gasteiger partial charge in [0.15, 0.2) is 0 Å². The van der Waals surface area contributed by atoms with Crippen LogP contribution in [0.4, 0.5) is 0 Å². The van der Waals surface area contributed by atoms with Crippen LogP contribution in [-0.2, 0) is 9.53 Å². The van der Waals surface area contributed by atoms with Crippen molar-refractivity contribution in [2.45, 2.75) is 73.5 Å². The Labute approximate surface area is 114 Å². The third-order valence-corrected chi connectivity index (χ3v) is 2.91. The van der Waals surface area contributed by atoms with Gasteiger partial charge in [-0.15, -0.1) is 0 Å². The first-order valence-electron chi connectivity index (χ1n) is 7.27. The maximum Gasteiger partial charge on any atom is 0.225 e. The molecule has 3 atom stereocenters. The van der Waals surface area contributed by atoms with Crippen LogP contribution in [0.5, 0.6) is 0 Å². The van der Waals surface area contributed by atoms with Crippen LogP contribution in [0, 0.1) is 11.8 Å². The van der Waals surface area contributed by atoms with Gasteiger partial charge in [-0.1, -0.05) is 41.0 Å². The summed E-state index contributed by atoms with van der Waals surface area (Å²) >= 11 is 0. The number of ether oxygens (including phenoxy) is 1. The summed E-state index contributed by atoms with van der Waals surface area (Å²) in [6.45, 7) is 14.2. The zero-order valence-corrected chi connectivity index (χ0v) is 13.5. The van der Waals surface area contributed by atoms with Gasteiger partial charge in [-0.2, -0.15) is 0 Å². The summed E-state index contributed by atoms with van der Waals surface area (Å²) in [5, 5.41) is 2.94. The van der Waals surface area contributed by atoms with E-state index < -0.39 is 0 Å². The van der Waals surface area contributed by atoms with Gasteiger partial charge in [0.2, 0.25) is 5.91 Å². The molecule has 18 heavy (non-hydrogen) atoms. The molecule has 0 aromatic carbocycles. The highest BCUT2D eigenvalue weighted by atomic mass is 16.5. The highest BCUT2D eigenvalue weighted by Crippen LogP contribution is 2.20. The Morgan fingerprint density at radius 2 is 1.67 bits per heavy atom. The van der Waals surface area contributed by atoms with Gasteiger partial charge in [-0.05, 0) is 26.2 Å². The van der Waals surface area contributed by atoms with Crippen molar-refractivity contribution in [3.63, 3.8) is 0 Å². The van der Waals surface area contributed by atoms with Crippen molar-refractivity contribution >= 4 is 5.91 Å². The molecule has 0 aromatic heterocycles. The van der Waals surface area contributed by atoms with Gasteiger partial charge in [-0.25, -0.2) is 0 Å². The van der Waals surface area contributed by atoms with E-state index in [1.165, 1.54) is 0 Å². The molecule has 0 fully saturated rings. The number of hydrogen-bond acceptors (Lipinski definition) is 2. The lowest BCUT2D eigenvalue weighted by molar-refractivity contribution is -0.130. The molecular formula is C15H33NO2. The second kappa shape index (κ2) is 11.5. The van der Waals surface area contributed by atoms with Gasteiger partial charge < -0.3 is 10.1 Å². The number of hydrogen-bond donors (Lipinski definition) is 1. The zero-order chi connectivity index (χ0) is 14.7. The summed E-state index contributed by atoms with van der Waals surface area (Å²) in [7, 11) is 1.69. The van der Waals surface area contributed by atoms with Crippen LogP contribution < -0.4 is 5.32 Å². The zero-order valence-electron chi connectivity index (χ0n) is 13.5. The summed E-state index contributed by atoms with van der Waals surface area (Å²) < 4.78 is 5.47. The summed E-state index contributed by atoms with van der Waals surface area (Å²) in [5.74, 6) is 0.418. The molecule has 0 aliphatic heterocycles. The summed E-state index contributed by atoms with van der Waals surface area (Å²) in [5.41, 5.74) is 0. The molecule has 0 aliphatic carbocycles. The van der Waals surface area contributed by atoms with Crippen molar-refractivity contribution in [1.29, 1.82) is 0 Å². The molecular weight excluding hydrogens is 226 g/mol. The largest absolute Gasteiger partial charge is 0.380 e. The van der Waals surface area contributed by atoms with Crippen LogP contribution in [0.2, 0.25) is 0 Å². The highest BCUT2D eigenvalue weighted by Gasteiger charge is 2.28. The van der Waals surface area contributed by atoms with E-state index >= 15 is 0 Å². The van der Waals surface area contributed by atoms with Crippen molar-refractivity contribution in [3.05, 3.63) is 0 Å². The second-order valence-corrected chi connectivity index (χ2v) is 4.92. The Morgan fingerprint density at radius 3 is 2.00 bits per heavy atom.